The van der Waals surface area contributed by atoms with E-state index in [9.17, 15) is 8.78 Å². The monoisotopic (exact) mass is 468 g/mol. The van der Waals surface area contributed by atoms with Gasteiger partial charge >= 0.3 is 0 Å². The van der Waals surface area contributed by atoms with E-state index in [1.807, 2.05) is 11.8 Å². The Kier molecular flexibility index (Phi) is 5.62. The van der Waals surface area contributed by atoms with Gasteiger partial charge in [-0.1, -0.05) is 31.7 Å². The van der Waals surface area contributed by atoms with Crippen molar-refractivity contribution in [3.05, 3.63) is 52.5 Å². The number of benzene rings is 1. The molecule has 6 nitrogen and oxygen atoms in total. The Morgan fingerprint density at radius 3 is 2.35 bits per heavy atom. The topological polar surface area (TPSA) is 70.6 Å². The number of nitrogens with two attached hydrogens (primary N) is 1. The molecule has 1 spiro atoms. The molecule has 0 unspecified atom stereocenters. The Balaban J connectivity index is 0.00000241. The zero-order valence-corrected chi connectivity index (χ0v) is 19.0. The lowest BCUT2D eigenvalue weighted by atomic mass is 9.73. The average molecular weight is 469 g/mol. The van der Waals surface area contributed by atoms with Gasteiger partial charge in [-0.2, -0.15) is 0 Å². The van der Waals surface area contributed by atoms with Crippen LogP contribution in [0.15, 0.2) is 29.3 Å². The van der Waals surface area contributed by atoms with Gasteiger partial charge in [0.25, 0.3) is 5.92 Å². The van der Waals surface area contributed by atoms with Crippen LogP contribution in [0.5, 0.6) is 0 Å². The van der Waals surface area contributed by atoms with Gasteiger partial charge in [-0.25, -0.2) is 18.7 Å². The number of aromatic nitrogens is 2. The molecule has 4 heterocycles. The van der Waals surface area contributed by atoms with Crippen LogP contribution < -0.4 is 10.6 Å². The molecule has 0 saturated carbocycles. The summed E-state index contributed by atoms with van der Waals surface area (Å²) in [6.07, 6.45) is 2.86. The second kappa shape index (κ2) is 8.26. The standard InChI is InChI=1S/C25H30F2N6.CH4/c1-16-22(31-19-15-29-23(20(19)30-16)33-12-8-25(26,27)9-13-33)32-10-6-24(7-11-32)14-17-4-2-3-5-18(17)21(24)28;/h2-5,21H,6-15,28H2,1H3;1H4/t21-;/m1./s1. The molecule has 0 bridgehead atoms. The fourth-order valence-electron chi connectivity index (χ4n) is 6.12. The highest BCUT2D eigenvalue weighted by Crippen LogP contribution is 2.51. The van der Waals surface area contributed by atoms with Gasteiger partial charge in [0.2, 0.25) is 0 Å². The molecular weight excluding hydrogens is 434 g/mol. The van der Waals surface area contributed by atoms with E-state index in [2.05, 4.69) is 34.2 Å². The minimum absolute atomic E-state index is 0. The van der Waals surface area contributed by atoms with Gasteiger partial charge in [0, 0.05) is 45.1 Å². The van der Waals surface area contributed by atoms with Gasteiger partial charge in [0.05, 0.1) is 17.9 Å². The van der Waals surface area contributed by atoms with Gasteiger partial charge < -0.3 is 15.5 Å². The van der Waals surface area contributed by atoms with E-state index in [4.69, 9.17) is 15.7 Å². The third-order valence-corrected chi connectivity index (χ3v) is 8.15. The van der Waals surface area contributed by atoms with Crippen molar-refractivity contribution in [2.75, 3.05) is 31.1 Å². The number of anilines is 1. The molecule has 2 fully saturated rings. The highest BCUT2D eigenvalue weighted by molar-refractivity contribution is 6.00. The van der Waals surface area contributed by atoms with Crippen LogP contribution >= 0.6 is 0 Å². The van der Waals surface area contributed by atoms with Crippen molar-refractivity contribution in [1.29, 1.82) is 0 Å². The number of halogens is 2. The number of aryl methyl sites for hydroxylation is 1. The lowest BCUT2D eigenvalue weighted by Gasteiger charge is -2.43. The molecule has 34 heavy (non-hydrogen) atoms. The van der Waals surface area contributed by atoms with E-state index < -0.39 is 5.92 Å². The van der Waals surface area contributed by atoms with E-state index in [-0.39, 0.29) is 31.7 Å². The normalized spacial score (nSPS) is 24.5. The number of aliphatic imine (C=N–C) groups is 1. The van der Waals surface area contributed by atoms with Crippen molar-refractivity contribution in [2.24, 2.45) is 16.1 Å². The van der Waals surface area contributed by atoms with Crippen LogP contribution in [0, 0.1) is 12.3 Å². The highest BCUT2D eigenvalue weighted by atomic mass is 19.3. The maximum atomic E-state index is 13.6. The average Bonchev–Trinajstić information content (AvgIpc) is 3.33. The summed E-state index contributed by atoms with van der Waals surface area (Å²) < 4.78 is 27.2. The second-order valence-corrected chi connectivity index (χ2v) is 10.1. The number of hydrogen-bond acceptors (Lipinski definition) is 6. The van der Waals surface area contributed by atoms with Crippen molar-refractivity contribution in [3.63, 3.8) is 0 Å². The fourth-order valence-corrected chi connectivity index (χ4v) is 6.12. The summed E-state index contributed by atoms with van der Waals surface area (Å²) in [6, 6.07) is 8.68. The van der Waals surface area contributed by atoms with Crippen molar-refractivity contribution < 1.29 is 8.78 Å². The Bertz CT molecular complexity index is 1110. The first-order chi connectivity index (χ1) is 15.9. The quantitative estimate of drug-likeness (QED) is 0.677. The van der Waals surface area contributed by atoms with Crippen molar-refractivity contribution in [1.82, 2.24) is 14.9 Å². The Hall–Kier alpha value is -2.61. The van der Waals surface area contributed by atoms with E-state index in [0.717, 1.165) is 61.1 Å². The maximum Gasteiger partial charge on any atom is 0.251 e. The molecule has 182 valence electrons. The zero-order valence-electron chi connectivity index (χ0n) is 19.0. The molecule has 6 rings (SSSR count). The molecule has 3 aliphatic heterocycles. The summed E-state index contributed by atoms with van der Waals surface area (Å²) in [5.41, 5.74) is 12.1. The molecule has 2 N–H and O–H groups in total. The molecule has 1 atom stereocenters. The van der Waals surface area contributed by atoms with Crippen molar-refractivity contribution in [2.45, 2.75) is 65.0 Å². The first-order valence-corrected chi connectivity index (χ1v) is 12.0. The molecular formula is C26H34F2N6. The summed E-state index contributed by atoms with van der Waals surface area (Å²) in [5, 5.41) is 0. The van der Waals surface area contributed by atoms with Crippen molar-refractivity contribution >= 4 is 11.7 Å². The van der Waals surface area contributed by atoms with Crippen LogP contribution in [0.4, 0.5) is 14.6 Å². The third-order valence-electron chi connectivity index (χ3n) is 8.15. The second-order valence-electron chi connectivity index (χ2n) is 10.1. The molecule has 4 aliphatic rings. The largest absolute Gasteiger partial charge is 0.355 e. The zero-order chi connectivity index (χ0) is 22.8. The molecule has 0 amide bonds. The van der Waals surface area contributed by atoms with Crippen LogP contribution in [0.2, 0.25) is 0 Å². The Labute approximate surface area is 200 Å². The number of alkyl halides is 2. The summed E-state index contributed by atoms with van der Waals surface area (Å²) in [6.45, 7) is 4.89. The number of piperidine rings is 2. The van der Waals surface area contributed by atoms with Crippen LogP contribution in [0.25, 0.3) is 0 Å². The molecule has 1 aromatic carbocycles. The predicted octanol–water partition coefficient (Wildman–Crippen LogP) is 4.26. The number of amidine groups is 1. The molecule has 8 heteroatoms. The van der Waals surface area contributed by atoms with Gasteiger partial charge in [0.1, 0.15) is 11.5 Å². The third kappa shape index (κ3) is 3.67. The molecule has 1 aliphatic carbocycles. The number of fused-ring (bicyclic) bond motifs is 2. The lowest BCUT2D eigenvalue weighted by molar-refractivity contribution is -0.0433. The summed E-state index contributed by atoms with van der Waals surface area (Å²) in [5.74, 6) is -0.914. The number of likely N-dealkylation sites (tertiary alicyclic amines) is 1. The van der Waals surface area contributed by atoms with E-state index in [1.165, 1.54) is 11.1 Å². The maximum absolute atomic E-state index is 13.6. The van der Waals surface area contributed by atoms with Crippen LogP contribution in [0.3, 0.4) is 0 Å². The summed E-state index contributed by atoms with van der Waals surface area (Å²) in [7, 11) is 0. The first-order valence-electron chi connectivity index (χ1n) is 12.0. The molecule has 2 aromatic rings. The van der Waals surface area contributed by atoms with E-state index in [0.29, 0.717) is 19.6 Å². The van der Waals surface area contributed by atoms with Gasteiger partial charge in [-0.3, -0.25) is 4.99 Å². The van der Waals surface area contributed by atoms with Crippen LogP contribution in [0.1, 0.15) is 67.4 Å². The summed E-state index contributed by atoms with van der Waals surface area (Å²) >= 11 is 0. The summed E-state index contributed by atoms with van der Waals surface area (Å²) in [4.78, 5) is 18.7. The van der Waals surface area contributed by atoms with Gasteiger partial charge in [-0.05, 0) is 42.7 Å². The van der Waals surface area contributed by atoms with Crippen LogP contribution in [-0.2, 0) is 13.0 Å². The fraction of sp³-hybridized carbons (Fsp3) is 0.577. The molecule has 1 aromatic heterocycles. The molecule has 2 saturated heterocycles. The number of rotatable bonds is 1. The van der Waals surface area contributed by atoms with Crippen LogP contribution in [-0.4, -0.2) is 52.8 Å². The first kappa shape index (κ1) is 23.1. The predicted molar refractivity (Wildman–Crippen MR) is 130 cm³/mol. The van der Waals surface area contributed by atoms with Gasteiger partial charge in [0.15, 0.2) is 5.84 Å². The minimum Gasteiger partial charge on any atom is -0.355 e. The number of nitrogens with zero attached hydrogens (tertiary/aromatic N) is 5. The Morgan fingerprint density at radius 1 is 0.971 bits per heavy atom. The Morgan fingerprint density at radius 2 is 1.65 bits per heavy atom. The SMILES string of the molecule is C.Cc1nc2c(nc1N1CCC3(CC1)Cc1ccccc1[C@H]3N)CN=C2N1CCC(F)(F)CC1. The van der Waals surface area contributed by atoms with E-state index in [1.54, 1.807) is 0 Å². The smallest absolute Gasteiger partial charge is 0.251 e. The lowest BCUT2D eigenvalue weighted by Crippen LogP contribution is -2.45. The minimum atomic E-state index is -2.57. The molecule has 0 radical (unpaired) electrons. The van der Waals surface area contributed by atoms with Gasteiger partial charge in [-0.15, -0.1) is 0 Å². The number of hydrogen-bond donors (Lipinski definition) is 1. The van der Waals surface area contributed by atoms with E-state index >= 15 is 0 Å². The van der Waals surface area contributed by atoms with Crippen molar-refractivity contribution in [3.8, 4) is 0 Å². The highest BCUT2D eigenvalue weighted by Gasteiger charge is 2.46.